The predicted octanol–water partition coefficient (Wildman–Crippen LogP) is 5.65. The predicted molar refractivity (Wildman–Crippen MR) is 116 cm³/mol. The lowest BCUT2D eigenvalue weighted by Crippen LogP contribution is -2.27. The monoisotopic (exact) mass is 404 g/mol. The van der Waals surface area contributed by atoms with Gasteiger partial charge in [-0.3, -0.25) is 4.79 Å². The first-order chi connectivity index (χ1) is 14.1. The summed E-state index contributed by atoms with van der Waals surface area (Å²) in [5.74, 6) is 0.564. The van der Waals surface area contributed by atoms with E-state index in [1.807, 2.05) is 55.5 Å². The molecule has 3 aromatic carbocycles. The van der Waals surface area contributed by atoms with Crippen LogP contribution in [0.25, 0.3) is 0 Å². The highest BCUT2D eigenvalue weighted by Crippen LogP contribution is 2.35. The van der Waals surface area contributed by atoms with Crippen molar-refractivity contribution in [2.75, 3.05) is 7.11 Å². The Bertz CT molecular complexity index is 1060. The van der Waals surface area contributed by atoms with Crippen molar-refractivity contribution in [3.05, 3.63) is 100 Å². The van der Waals surface area contributed by atoms with Gasteiger partial charge in [-0.1, -0.05) is 65.7 Å². The van der Waals surface area contributed by atoms with Gasteiger partial charge in [-0.2, -0.15) is 5.10 Å². The van der Waals surface area contributed by atoms with E-state index < -0.39 is 0 Å². The van der Waals surface area contributed by atoms with Crippen LogP contribution in [-0.2, 0) is 0 Å². The molecule has 0 bridgehead atoms. The Hall–Kier alpha value is -3.11. The molecule has 0 unspecified atom stereocenters. The van der Waals surface area contributed by atoms with Crippen LogP contribution in [0.3, 0.4) is 0 Å². The minimum absolute atomic E-state index is 0.207. The van der Waals surface area contributed by atoms with Crippen LogP contribution >= 0.6 is 11.6 Å². The number of methoxy groups -OCH3 is 1. The highest BCUT2D eigenvalue weighted by atomic mass is 35.5. The summed E-state index contributed by atoms with van der Waals surface area (Å²) in [5, 5.41) is 6.69. The Morgan fingerprint density at radius 3 is 2.38 bits per heavy atom. The molecule has 29 heavy (non-hydrogen) atoms. The Balaban J connectivity index is 1.73. The molecule has 4 rings (SSSR count). The Labute approximate surface area is 175 Å². The van der Waals surface area contributed by atoms with E-state index in [0.29, 0.717) is 17.0 Å². The fraction of sp³-hybridized carbons (Fsp3) is 0.167. The lowest BCUT2D eigenvalue weighted by Gasteiger charge is -2.22. The molecule has 0 fully saturated rings. The number of halogens is 1. The Kier molecular flexibility index (Phi) is 5.36. The molecule has 146 valence electrons. The molecule has 0 aromatic heterocycles. The third-order valence-corrected chi connectivity index (χ3v) is 5.44. The molecular formula is C24H21ClN2O2. The topological polar surface area (TPSA) is 41.9 Å². The smallest absolute Gasteiger partial charge is 0.276 e. The number of benzene rings is 3. The largest absolute Gasteiger partial charge is 0.497 e. The normalized spacial score (nSPS) is 15.9. The molecule has 0 saturated heterocycles. The van der Waals surface area contributed by atoms with Crippen LogP contribution in [0.1, 0.15) is 39.5 Å². The molecule has 3 aromatic rings. The number of rotatable bonds is 4. The van der Waals surface area contributed by atoms with Crippen molar-refractivity contribution in [1.29, 1.82) is 0 Å². The van der Waals surface area contributed by atoms with Crippen LogP contribution < -0.4 is 4.74 Å². The number of hydrazone groups is 1. The maximum Gasteiger partial charge on any atom is 0.276 e. The van der Waals surface area contributed by atoms with Crippen molar-refractivity contribution in [1.82, 2.24) is 5.01 Å². The second kappa shape index (κ2) is 8.10. The molecule has 1 amide bonds. The van der Waals surface area contributed by atoms with Gasteiger partial charge in [0.25, 0.3) is 5.91 Å². The number of ether oxygens (including phenoxy) is 1. The van der Waals surface area contributed by atoms with Crippen molar-refractivity contribution in [2.45, 2.75) is 19.4 Å². The number of carbonyl (C=O) groups excluding carboxylic acids is 1. The van der Waals surface area contributed by atoms with Gasteiger partial charge < -0.3 is 4.74 Å². The van der Waals surface area contributed by atoms with Crippen molar-refractivity contribution in [3.8, 4) is 5.75 Å². The first-order valence-electron chi connectivity index (χ1n) is 9.43. The number of hydrogen-bond acceptors (Lipinski definition) is 3. The van der Waals surface area contributed by atoms with Crippen LogP contribution in [0.5, 0.6) is 5.75 Å². The fourth-order valence-corrected chi connectivity index (χ4v) is 3.68. The van der Waals surface area contributed by atoms with Gasteiger partial charge in [-0.05, 0) is 42.3 Å². The Morgan fingerprint density at radius 2 is 1.72 bits per heavy atom. The molecule has 1 atom stereocenters. The molecular weight excluding hydrogens is 384 g/mol. The maximum atomic E-state index is 13.3. The van der Waals surface area contributed by atoms with Gasteiger partial charge >= 0.3 is 0 Å². The first-order valence-corrected chi connectivity index (χ1v) is 9.81. The van der Waals surface area contributed by atoms with Crippen LogP contribution in [0.4, 0.5) is 0 Å². The lowest BCUT2D eigenvalue weighted by atomic mass is 9.97. The minimum atomic E-state index is -0.210. The molecule has 4 nitrogen and oxygen atoms in total. The quantitative estimate of drug-likeness (QED) is 0.564. The van der Waals surface area contributed by atoms with Gasteiger partial charge in [-0.15, -0.1) is 0 Å². The summed E-state index contributed by atoms with van der Waals surface area (Å²) in [6.07, 6.45) is 0.631. The van der Waals surface area contributed by atoms with E-state index in [-0.39, 0.29) is 11.9 Å². The van der Waals surface area contributed by atoms with Gasteiger partial charge in [0.05, 0.1) is 29.4 Å². The fourth-order valence-electron chi connectivity index (χ4n) is 3.46. The van der Waals surface area contributed by atoms with E-state index in [2.05, 4.69) is 12.1 Å². The molecule has 5 heteroatoms. The van der Waals surface area contributed by atoms with E-state index in [1.54, 1.807) is 24.3 Å². The van der Waals surface area contributed by atoms with Crippen LogP contribution in [-0.4, -0.2) is 23.7 Å². The van der Waals surface area contributed by atoms with Crippen molar-refractivity contribution in [2.24, 2.45) is 5.10 Å². The second-order valence-corrected chi connectivity index (χ2v) is 7.44. The van der Waals surface area contributed by atoms with E-state index in [1.165, 1.54) is 5.56 Å². The molecule has 0 N–H and O–H groups in total. The van der Waals surface area contributed by atoms with Crippen molar-refractivity contribution >= 4 is 23.2 Å². The lowest BCUT2D eigenvalue weighted by molar-refractivity contribution is 0.0711. The molecule has 1 aliphatic rings. The zero-order valence-electron chi connectivity index (χ0n) is 16.3. The molecule has 1 heterocycles. The van der Waals surface area contributed by atoms with E-state index >= 15 is 0 Å². The standard InChI is InChI=1S/C24H21ClN2O2/c1-16-7-9-17(10-8-16)22-15-23(18-11-13-19(29-2)14-12-18)27(26-22)24(28)20-5-3-4-6-21(20)25/h3-14,23H,15H2,1-2H3/t23-/m0/s1. The number of amides is 1. The van der Waals surface area contributed by atoms with Gasteiger partial charge in [-0.25, -0.2) is 5.01 Å². The Morgan fingerprint density at radius 1 is 1.03 bits per heavy atom. The van der Waals surface area contributed by atoms with Gasteiger partial charge in [0.2, 0.25) is 0 Å². The number of hydrogen-bond donors (Lipinski definition) is 0. The SMILES string of the molecule is COc1ccc([C@@H]2CC(c3ccc(C)cc3)=NN2C(=O)c2ccccc2Cl)cc1. The highest BCUT2D eigenvalue weighted by molar-refractivity contribution is 6.33. The van der Waals surface area contributed by atoms with Crippen molar-refractivity contribution in [3.63, 3.8) is 0 Å². The molecule has 0 radical (unpaired) electrons. The van der Waals surface area contributed by atoms with Gasteiger partial charge in [0.1, 0.15) is 5.75 Å². The summed E-state index contributed by atoms with van der Waals surface area (Å²) in [4.78, 5) is 13.3. The summed E-state index contributed by atoms with van der Waals surface area (Å²) in [6.45, 7) is 2.05. The zero-order valence-corrected chi connectivity index (χ0v) is 17.1. The van der Waals surface area contributed by atoms with Crippen LogP contribution in [0, 0.1) is 6.92 Å². The van der Waals surface area contributed by atoms with Gasteiger partial charge in [0.15, 0.2) is 0 Å². The number of carbonyl (C=O) groups is 1. The molecule has 0 spiro atoms. The van der Waals surface area contributed by atoms with E-state index in [4.69, 9.17) is 21.4 Å². The average molecular weight is 405 g/mol. The summed E-state index contributed by atoms with van der Waals surface area (Å²) < 4.78 is 5.27. The first kappa shape index (κ1) is 19.2. The molecule has 1 aliphatic heterocycles. The average Bonchev–Trinajstić information content (AvgIpc) is 3.19. The third kappa shape index (κ3) is 3.89. The second-order valence-electron chi connectivity index (χ2n) is 7.04. The summed E-state index contributed by atoms with van der Waals surface area (Å²) in [7, 11) is 1.64. The van der Waals surface area contributed by atoms with Crippen molar-refractivity contribution < 1.29 is 9.53 Å². The number of nitrogens with zero attached hydrogens (tertiary/aromatic N) is 2. The number of aryl methyl sites for hydroxylation is 1. The van der Waals surface area contributed by atoms with E-state index in [0.717, 1.165) is 22.6 Å². The summed E-state index contributed by atoms with van der Waals surface area (Å²) >= 11 is 6.29. The van der Waals surface area contributed by atoms with E-state index in [9.17, 15) is 4.79 Å². The maximum absolute atomic E-state index is 13.3. The van der Waals surface area contributed by atoms with Gasteiger partial charge in [0, 0.05) is 6.42 Å². The van der Waals surface area contributed by atoms with Crippen LogP contribution in [0.2, 0.25) is 5.02 Å². The third-order valence-electron chi connectivity index (χ3n) is 5.11. The zero-order chi connectivity index (χ0) is 20.4. The van der Waals surface area contributed by atoms with Crippen LogP contribution in [0.15, 0.2) is 77.9 Å². The minimum Gasteiger partial charge on any atom is -0.497 e. The molecule has 0 saturated carbocycles. The molecule has 0 aliphatic carbocycles. The summed E-state index contributed by atoms with van der Waals surface area (Å²) in [5.41, 5.74) is 4.52. The highest BCUT2D eigenvalue weighted by Gasteiger charge is 2.34. The summed E-state index contributed by atoms with van der Waals surface area (Å²) in [6, 6.07) is 22.8.